The maximum atomic E-state index is 13.2. The minimum absolute atomic E-state index is 0.0563. The van der Waals surface area contributed by atoms with Gasteiger partial charge in [0.15, 0.2) is 5.65 Å². The molecule has 2 aromatic heterocycles. The Labute approximate surface area is 175 Å². The van der Waals surface area contributed by atoms with Gasteiger partial charge < -0.3 is 20.3 Å². The quantitative estimate of drug-likeness (QED) is 0.675. The molecule has 164 valence electrons. The zero-order valence-electron chi connectivity index (χ0n) is 16.6. The number of nitrogens with two attached hydrogens (primary N) is 1. The van der Waals surface area contributed by atoms with Gasteiger partial charge in [-0.2, -0.15) is 32.8 Å². The van der Waals surface area contributed by atoms with Crippen LogP contribution in [0.2, 0.25) is 0 Å². The summed E-state index contributed by atoms with van der Waals surface area (Å²) in [6, 6.07) is 9.04. The average Bonchev–Trinajstić information content (AvgIpc) is 3.18. The highest BCUT2D eigenvalue weighted by Crippen LogP contribution is 2.33. The largest absolute Gasteiger partial charge is 0.445 e. The fraction of sp³-hybridized carbons (Fsp3) is 0.368. The Bertz CT molecular complexity index is 1090. The Morgan fingerprint density at radius 2 is 1.97 bits per heavy atom. The van der Waals surface area contributed by atoms with E-state index >= 15 is 0 Å². The molecule has 1 atom stereocenters. The molecule has 0 saturated carbocycles. The maximum absolute atomic E-state index is 13.2. The second-order valence-corrected chi connectivity index (χ2v) is 7.20. The maximum Gasteiger partial charge on any atom is 0.421 e. The van der Waals surface area contributed by atoms with Crippen LogP contribution in [0.5, 0.6) is 0 Å². The normalized spacial score (nSPS) is 17.2. The van der Waals surface area contributed by atoms with Crippen LogP contribution < -0.4 is 10.6 Å². The predicted molar refractivity (Wildman–Crippen MR) is 105 cm³/mol. The number of halogens is 3. The molecule has 2 N–H and O–H groups in total. The molecule has 4 rings (SSSR count). The molecule has 1 aromatic carbocycles. The molecular formula is C19H20F3N7O2. The van der Waals surface area contributed by atoms with Gasteiger partial charge in [0.1, 0.15) is 12.2 Å². The summed E-state index contributed by atoms with van der Waals surface area (Å²) in [6.07, 6.45) is -4.40. The lowest BCUT2D eigenvalue weighted by atomic mass is 10.2. The number of ether oxygens (including phenoxy) is 1. The number of nitrogen functional groups attached to an aromatic ring is 1. The molecule has 9 nitrogen and oxygen atoms in total. The molecular weight excluding hydrogens is 415 g/mol. The number of piperazine rings is 1. The molecule has 0 spiro atoms. The zero-order chi connectivity index (χ0) is 22.2. The van der Waals surface area contributed by atoms with Crippen LogP contribution in [0.1, 0.15) is 18.1 Å². The third-order valence-corrected chi connectivity index (χ3v) is 5.03. The molecule has 3 aromatic rings. The molecule has 1 aliphatic heterocycles. The van der Waals surface area contributed by atoms with Gasteiger partial charge in [-0.3, -0.25) is 0 Å². The van der Waals surface area contributed by atoms with Crippen LogP contribution in [0.25, 0.3) is 5.65 Å². The van der Waals surface area contributed by atoms with Crippen LogP contribution in [-0.4, -0.2) is 56.3 Å². The Balaban J connectivity index is 1.47. The van der Waals surface area contributed by atoms with E-state index in [2.05, 4.69) is 15.1 Å². The van der Waals surface area contributed by atoms with E-state index in [1.54, 1.807) is 9.80 Å². The first-order valence-corrected chi connectivity index (χ1v) is 9.54. The lowest BCUT2D eigenvalue weighted by Gasteiger charge is -2.39. The van der Waals surface area contributed by atoms with Gasteiger partial charge in [-0.1, -0.05) is 30.3 Å². The second-order valence-electron chi connectivity index (χ2n) is 7.20. The Morgan fingerprint density at radius 1 is 1.23 bits per heavy atom. The van der Waals surface area contributed by atoms with E-state index in [4.69, 9.17) is 10.5 Å². The number of aromatic nitrogens is 4. The molecule has 31 heavy (non-hydrogen) atoms. The molecule has 0 unspecified atom stereocenters. The number of benzene rings is 1. The van der Waals surface area contributed by atoms with Gasteiger partial charge in [-0.05, 0) is 12.5 Å². The Hall–Kier alpha value is -3.57. The second kappa shape index (κ2) is 7.93. The van der Waals surface area contributed by atoms with Crippen molar-refractivity contribution in [1.82, 2.24) is 24.5 Å². The fourth-order valence-electron chi connectivity index (χ4n) is 3.45. The number of carbonyl (C=O) groups is 1. The van der Waals surface area contributed by atoms with Gasteiger partial charge in [0.25, 0.3) is 0 Å². The number of carbonyl (C=O) groups excluding carboxylic acids is 1. The molecule has 12 heteroatoms. The van der Waals surface area contributed by atoms with E-state index in [1.807, 2.05) is 37.3 Å². The van der Waals surface area contributed by atoms with Crippen molar-refractivity contribution in [3.05, 3.63) is 47.7 Å². The van der Waals surface area contributed by atoms with Crippen molar-refractivity contribution in [3.63, 3.8) is 0 Å². The minimum atomic E-state index is -4.62. The number of fused-ring (bicyclic) bond motifs is 1. The Morgan fingerprint density at radius 3 is 2.65 bits per heavy atom. The summed E-state index contributed by atoms with van der Waals surface area (Å²) in [5.41, 5.74) is 5.29. The van der Waals surface area contributed by atoms with Gasteiger partial charge in [-0.25, -0.2) is 4.79 Å². The van der Waals surface area contributed by atoms with Gasteiger partial charge in [-0.15, -0.1) is 0 Å². The van der Waals surface area contributed by atoms with Gasteiger partial charge >= 0.3 is 12.3 Å². The van der Waals surface area contributed by atoms with E-state index in [-0.39, 0.29) is 24.5 Å². The monoisotopic (exact) mass is 435 g/mol. The van der Waals surface area contributed by atoms with E-state index in [0.717, 1.165) is 10.1 Å². The van der Waals surface area contributed by atoms with E-state index in [1.165, 1.54) is 0 Å². The summed E-state index contributed by atoms with van der Waals surface area (Å²) in [4.78, 5) is 23.8. The smallest absolute Gasteiger partial charge is 0.421 e. The van der Waals surface area contributed by atoms with Crippen LogP contribution in [0.3, 0.4) is 0 Å². The van der Waals surface area contributed by atoms with Gasteiger partial charge in [0.2, 0.25) is 11.9 Å². The highest BCUT2D eigenvalue weighted by Gasteiger charge is 2.37. The number of amides is 1. The number of rotatable bonds is 3. The molecule has 1 fully saturated rings. The van der Waals surface area contributed by atoms with Crippen molar-refractivity contribution in [2.24, 2.45) is 0 Å². The highest BCUT2D eigenvalue weighted by atomic mass is 19.4. The number of hydrogen-bond acceptors (Lipinski definition) is 7. The Kier molecular flexibility index (Phi) is 5.29. The molecule has 1 saturated heterocycles. The van der Waals surface area contributed by atoms with Crippen molar-refractivity contribution >= 4 is 23.6 Å². The van der Waals surface area contributed by atoms with Crippen molar-refractivity contribution in [2.45, 2.75) is 25.7 Å². The lowest BCUT2D eigenvalue weighted by molar-refractivity contribution is -0.136. The summed E-state index contributed by atoms with van der Waals surface area (Å²) in [6.45, 7) is 2.89. The number of hydrogen-bond donors (Lipinski definition) is 1. The third-order valence-electron chi connectivity index (χ3n) is 5.03. The predicted octanol–water partition coefficient (Wildman–Crippen LogP) is 2.57. The SMILES string of the molecule is C[C@H]1CN(C(=O)OCc2ccccc2)CCN1c1nc(N)n2ncc(C(F)(F)F)c2n1. The zero-order valence-corrected chi connectivity index (χ0v) is 16.6. The first kappa shape index (κ1) is 20.7. The molecule has 1 amide bonds. The van der Waals surface area contributed by atoms with Crippen molar-refractivity contribution < 1.29 is 22.7 Å². The number of nitrogens with zero attached hydrogens (tertiary/aromatic N) is 6. The van der Waals surface area contributed by atoms with Gasteiger partial charge in [0.05, 0.1) is 6.20 Å². The average molecular weight is 435 g/mol. The van der Waals surface area contributed by atoms with Crippen molar-refractivity contribution in [3.8, 4) is 0 Å². The van der Waals surface area contributed by atoms with Gasteiger partial charge in [0, 0.05) is 25.7 Å². The van der Waals surface area contributed by atoms with Crippen molar-refractivity contribution in [2.75, 3.05) is 30.3 Å². The number of anilines is 2. The summed E-state index contributed by atoms with van der Waals surface area (Å²) in [5, 5.41) is 3.63. The fourth-order valence-corrected chi connectivity index (χ4v) is 3.45. The molecule has 0 aliphatic carbocycles. The van der Waals surface area contributed by atoms with E-state index < -0.39 is 23.5 Å². The lowest BCUT2D eigenvalue weighted by Crippen LogP contribution is -2.54. The summed E-state index contributed by atoms with van der Waals surface area (Å²) in [5.74, 6) is -0.145. The van der Waals surface area contributed by atoms with E-state index in [9.17, 15) is 18.0 Å². The molecule has 1 aliphatic rings. The van der Waals surface area contributed by atoms with Crippen LogP contribution in [0.15, 0.2) is 36.5 Å². The third kappa shape index (κ3) is 4.18. The summed E-state index contributed by atoms with van der Waals surface area (Å²) < 4.78 is 45.9. The van der Waals surface area contributed by atoms with E-state index in [0.29, 0.717) is 25.8 Å². The molecule has 0 radical (unpaired) electrons. The summed E-state index contributed by atoms with van der Waals surface area (Å²) >= 11 is 0. The van der Waals surface area contributed by atoms with Crippen LogP contribution >= 0.6 is 0 Å². The minimum Gasteiger partial charge on any atom is -0.445 e. The highest BCUT2D eigenvalue weighted by molar-refractivity contribution is 5.68. The number of alkyl halides is 3. The first-order chi connectivity index (χ1) is 14.7. The van der Waals surface area contributed by atoms with Crippen LogP contribution in [-0.2, 0) is 17.5 Å². The molecule has 0 bridgehead atoms. The molecule has 3 heterocycles. The first-order valence-electron chi connectivity index (χ1n) is 9.54. The standard InChI is InChI=1S/C19H20F3N7O2/c1-12-10-27(18(30)31-11-13-5-3-2-4-6-13)7-8-28(12)17-25-15-14(19(20,21)22)9-24-29(15)16(23)26-17/h2-6,9,12H,7-8,10-11H2,1H3,(H2,23,25,26)/t12-/m0/s1. The van der Waals surface area contributed by atoms with Crippen LogP contribution in [0, 0.1) is 0 Å². The topological polar surface area (TPSA) is 102 Å². The van der Waals surface area contributed by atoms with Crippen LogP contribution in [0.4, 0.5) is 29.9 Å². The summed E-state index contributed by atoms with van der Waals surface area (Å²) in [7, 11) is 0. The van der Waals surface area contributed by atoms with Crippen molar-refractivity contribution in [1.29, 1.82) is 0 Å².